The van der Waals surface area contributed by atoms with Crippen molar-refractivity contribution in [2.75, 3.05) is 25.6 Å². The number of hydrogen-bond acceptors (Lipinski definition) is 4. The molecule has 0 bridgehead atoms. The second-order valence-corrected chi connectivity index (χ2v) is 4.80. The molecule has 5 nitrogen and oxygen atoms in total. The maximum Gasteiger partial charge on any atom is 0.224 e. The molecule has 0 radical (unpaired) electrons. The summed E-state index contributed by atoms with van der Waals surface area (Å²) in [5, 5.41) is 2.88. The molecule has 22 heavy (non-hydrogen) atoms. The number of ether oxygens (including phenoxy) is 2. The van der Waals surface area contributed by atoms with Gasteiger partial charge in [0.1, 0.15) is 0 Å². The van der Waals surface area contributed by atoms with Gasteiger partial charge in [-0.1, -0.05) is 12.8 Å². The largest absolute Gasteiger partial charge is 0.493 e. The summed E-state index contributed by atoms with van der Waals surface area (Å²) < 4.78 is 10.7. The Bertz CT molecular complexity index is 441. The van der Waals surface area contributed by atoms with Gasteiger partial charge < -0.3 is 20.5 Å². The first-order chi connectivity index (χ1) is 10.2. The van der Waals surface area contributed by atoms with Crippen molar-refractivity contribution >= 4 is 24.0 Å². The van der Waals surface area contributed by atoms with E-state index in [0.717, 1.165) is 37.9 Å². The number of carbonyl (C=O) groups is 1. The van der Waals surface area contributed by atoms with Gasteiger partial charge in [0.15, 0.2) is 11.5 Å². The van der Waals surface area contributed by atoms with Crippen LogP contribution in [0.4, 0.5) is 5.69 Å². The normalized spacial score (nSPS) is 9.77. The summed E-state index contributed by atoms with van der Waals surface area (Å²) in [6.07, 6.45) is 4.57. The lowest BCUT2D eigenvalue weighted by molar-refractivity contribution is -0.116. The van der Waals surface area contributed by atoms with Crippen molar-refractivity contribution in [3.8, 4) is 11.5 Å². The highest BCUT2D eigenvalue weighted by molar-refractivity contribution is 5.91. The smallest absolute Gasteiger partial charge is 0.224 e. The third-order valence-corrected chi connectivity index (χ3v) is 3.11. The SMILES string of the molecule is CCOc1ccc(NC(=O)CCCCCCN)cc1OC.Cl. The minimum absolute atomic E-state index is 0. The Morgan fingerprint density at radius 1 is 1.18 bits per heavy atom. The van der Waals surface area contributed by atoms with Gasteiger partial charge in [-0.2, -0.15) is 0 Å². The zero-order valence-corrected chi connectivity index (χ0v) is 14.2. The molecule has 0 heterocycles. The number of anilines is 1. The Morgan fingerprint density at radius 3 is 2.55 bits per heavy atom. The van der Waals surface area contributed by atoms with Gasteiger partial charge in [0.25, 0.3) is 0 Å². The van der Waals surface area contributed by atoms with Gasteiger partial charge in [-0.05, 0) is 38.4 Å². The Kier molecular flexibility index (Phi) is 11.3. The van der Waals surface area contributed by atoms with E-state index >= 15 is 0 Å². The molecule has 126 valence electrons. The average molecular weight is 331 g/mol. The molecule has 0 aliphatic heterocycles. The summed E-state index contributed by atoms with van der Waals surface area (Å²) in [4.78, 5) is 11.8. The van der Waals surface area contributed by atoms with Crippen molar-refractivity contribution < 1.29 is 14.3 Å². The number of halogens is 1. The predicted octanol–water partition coefficient (Wildman–Crippen LogP) is 3.36. The van der Waals surface area contributed by atoms with Crippen LogP contribution in [0.3, 0.4) is 0 Å². The molecule has 0 aromatic heterocycles. The molecule has 3 N–H and O–H groups in total. The van der Waals surface area contributed by atoms with Crippen LogP contribution in [0, 0.1) is 0 Å². The minimum Gasteiger partial charge on any atom is -0.493 e. The first-order valence-corrected chi connectivity index (χ1v) is 7.52. The average Bonchev–Trinajstić information content (AvgIpc) is 2.48. The predicted molar refractivity (Wildman–Crippen MR) is 92.2 cm³/mol. The van der Waals surface area contributed by atoms with Crippen molar-refractivity contribution in [3.05, 3.63) is 18.2 Å². The molecule has 0 saturated carbocycles. The standard InChI is InChI=1S/C16H26N2O3.ClH/c1-3-21-14-10-9-13(12-15(14)20-2)18-16(19)8-6-4-5-7-11-17;/h9-10,12H,3-8,11,17H2,1-2H3,(H,18,19);1H. The molecule has 0 aliphatic carbocycles. The van der Waals surface area contributed by atoms with Crippen LogP contribution < -0.4 is 20.5 Å². The molecule has 1 aromatic carbocycles. The fraction of sp³-hybridized carbons (Fsp3) is 0.562. The van der Waals surface area contributed by atoms with Crippen LogP contribution in [0.5, 0.6) is 11.5 Å². The molecule has 0 atom stereocenters. The summed E-state index contributed by atoms with van der Waals surface area (Å²) in [7, 11) is 1.58. The number of methoxy groups -OCH3 is 1. The first kappa shape index (κ1) is 20.5. The molecule has 1 aromatic rings. The van der Waals surface area contributed by atoms with E-state index in [1.807, 2.05) is 13.0 Å². The third kappa shape index (κ3) is 7.52. The van der Waals surface area contributed by atoms with Gasteiger partial charge >= 0.3 is 0 Å². The summed E-state index contributed by atoms with van der Waals surface area (Å²) in [5.74, 6) is 1.33. The molecular weight excluding hydrogens is 304 g/mol. The van der Waals surface area contributed by atoms with E-state index in [2.05, 4.69) is 5.32 Å². The highest BCUT2D eigenvalue weighted by Gasteiger charge is 2.07. The number of rotatable bonds is 10. The van der Waals surface area contributed by atoms with Crippen molar-refractivity contribution in [2.45, 2.75) is 39.0 Å². The molecule has 0 aliphatic rings. The molecule has 0 fully saturated rings. The molecule has 1 rings (SSSR count). The fourth-order valence-corrected chi connectivity index (χ4v) is 2.03. The van der Waals surface area contributed by atoms with Crippen LogP contribution in [0.2, 0.25) is 0 Å². The summed E-state index contributed by atoms with van der Waals surface area (Å²) >= 11 is 0. The van der Waals surface area contributed by atoms with E-state index in [0.29, 0.717) is 24.5 Å². The van der Waals surface area contributed by atoms with E-state index < -0.39 is 0 Å². The lowest BCUT2D eigenvalue weighted by Gasteiger charge is -2.11. The number of benzene rings is 1. The summed E-state index contributed by atoms with van der Waals surface area (Å²) in [6, 6.07) is 5.40. The van der Waals surface area contributed by atoms with E-state index in [1.165, 1.54) is 0 Å². The van der Waals surface area contributed by atoms with Gasteiger partial charge in [-0.25, -0.2) is 0 Å². The van der Waals surface area contributed by atoms with Crippen molar-refractivity contribution in [1.29, 1.82) is 0 Å². The van der Waals surface area contributed by atoms with Crippen LogP contribution in [-0.4, -0.2) is 26.2 Å². The monoisotopic (exact) mass is 330 g/mol. The van der Waals surface area contributed by atoms with E-state index in [-0.39, 0.29) is 18.3 Å². The number of carbonyl (C=O) groups excluding carboxylic acids is 1. The zero-order valence-electron chi connectivity index (χ0n) is 13.4. The molecule has 0 spiro atoms. The van der Waals surface area contributed by atoms with Gasteiger partial charge in [0.2, 0.25) is 5.91 Å². The zero-order chi connectivity index (χ0) is 15.5. The number of nitrogens with two attached hydrogens (primary N) is 1. The van der Waals surface area contributed by atoms with Gasteiger partial charge in [-0.3, -0.25) is 4.79 Å². The van der Waals surface area contributed by atoms with Crippen molar-refractivity contribution in [3.63, 3.8) is 0 Å². The fourth-order valence-electron chi connectivity index (χ4n) is 2.03. The number of amides is 1. The Labute approximate surface area is 139 Å². The lowest BCUT2D eigenvalue weighted by Crippen LogP contribution is -2.11. The van der Waals surface area contributed by atoms with Crippen LogP contribution in [0.1, 0.15) is 39.0 Å². The van der Waals surface area contributed by atoms with Crippen LogP contribution >= 0.6 is 12.4 Å². The van der Waals surface area contributed by atoms with E-state index in [1.54, 1.807) is 19.2 Å². The van der Waals surface area contributed by atoms with Crippen molar-refractivity contribution in [2.24, 2.45) is 5.73 Å². The molecule has 0 saturated heterocycles. The van der Waals surface area contributed by atoms with E-state index in [4.69, 9.17) is 15.2 Å². The van der Waals surface area contributed by atoms with Gasteiger partial charge in [0, 0.05) is 18.2 Å². The quantitative estimate of drug-likeness (QED) is 0.645. The molecule has 1 amide bonds. The van der Waals surface area contributed by atoms with Gasteiger partial charge in [-0.15, -0.1) is 12.4 Å². The Hall–Kier alpha value is -1.46. The Balaban J connectivity index is 0.00000441. The maximum atomic E-state index is 11.8. The first-order valence-electron chi connectivity index (χ1n) is 7.52. The Morgan fingerprint density at radius 2 is 1.91 bits per heavy atom. The number of nitrogens with one attached hydrogen (secondary N) is 1. The molecule has 6 heteroatoms. The number of hydrogen-bond donors (Lipinski definition) is 2. The second-order valence-electron chi connectivity index (χ2n) is 4.80. The highest BCUT2D eigenvalue weighted by Crippen LogP contribution is 2.30. The second kappa shape index (κ2) is 12.1. The topological polar surface area (TPSA) is 73.6 Å². The minimum atomic E-state index is 0. The van der Waals surface area contributed by atoms with Crippen LogP contribution in [0.25, 0.3) is 0 Å². The van der Waals surface area contributed by atoms with E-state index in [9.17, 15) is 4.79 Å². The molecular formula is C16H27ClN2O3. The summed E-state index contributed by atoms with van der Waals surface area (Å²) in [5.41, 5.74) is 6.16. The van der Waals surface area contributed by atoms with Crippen molar-refractivity contribution in [1.82, 2.24) is 0 Å². The summed E-state index contributed by atoms with van der Waals surface area (Å²) in [6.45, 7) is 3.21. The van der Waals surface area contributed by atoms with Crippen LogP contribution in [0.15, 0.2) is 18.2 Å². The lowest BCUT2D eigenvalue weighted by atomic mass is 10.1. The highest BCUT2D eigenvalue weighted by atomic mass is 35.5. The third-order valence-electron chi connectivity index (χ3n) is 3.11. The number of unbranched alkanes of at least 4 members (excludes halogenated alkanes) is 3. The maximum absolute atomic E-state index is 11.8. The van der Waals surface area contributed by atoms with Crippen LogP contribution in [-0.2, 0) is 4.79 Å². The molecule has 0 unspecified atom stereocenters. The van der Waals surface area contributed by atoms with Gasteiger partial charge in [0.05, 0.1) is 13.7 Å².